The van der Waals surface area contributed by atoms with Crippen molar-refractivity contribution < 1.29 is 14.1 Å². The number of benzene rings is 2. The minimum Gasteiger partial charge on any atom is -0.481 e. The molecular formula is C18H15Cl2N3O3. The number of ether oxygens (including phenoxy) is 1. The van der Waals surface area contributed by atoms with E-state index in [2.05, 4.69) is 15.5 Å². The van der Waals surface area contributed by atoms with Crippen LogP contribution in [0.4, 0.5) is 0 Å². The number of halogens is 2. The van der Waals surface area contributed by atoms with Gasteiger partial charge in [0.25, 0.3) is 5.91 Å². The van der Waals surface area contributed by atoms with E-state index in [0.29, 0.717) is 27.2 Å². The average molecular weight is 392 g/mol. The normalized spacial score (nSPS) is 11.8. The van der Waals surface area contributed by atoms with Crippen molar-refractivity contribution >= 4 is 29.1 Å². The third-order valence-corrected chi connectivity index (χ3v) is 4.04. The van der Waals surface area contributed by atoms with Crippen LogP contribution in [0.15, 0.2) is 53.1 Å². The third kappa shape index (κ3) is 4.53. The van der Waals surface area contributed by atoms with Crippen LogP contribution in [0.25, 0.3) is 11.4 Å². The molecule has 0 saturated carbocycles. The molecule has 1 N–H and O–H groups in total. The molecule has 1 aromatic heterocycles. The molecule has 0 saturated heterocycles. The van der Waals surface area contributed by atoms with Crippen LogP contribution in [0.2, 0.25) is 10.0 Å². The van der Waals surface area contributed by atoms with Crippen LogP contribution in [-0.2, 0) is 11.3 Å². The van der Waals surface area contributed by atoms with E-state index in [1.54, 1.807) is 43.3 Å². The molecule has 0 spiro atoms. The van der Waals surface area contributed by atoms with E-state index in [4.69, 9.17) is 32.5 Å². The zero-order valence-electron chi connectivity index (χ0n) is 13.8. The summed E-state index contributed by atoms with van der Waals surface area (Å²) in [5, 5.41) is 7.62. The predicted molar refractivity (Wildman–Crippen MR) is 98.1 cm³/mol. The molecule has 1 amide bonds. The van der Waals surface area contributed by atoms with Crippen molar-refractivity contribution in [1.82, 2.24) is 15.5 Å². The van der Waals surface area contributed by atoms with Gasteiger partial charge in [-0.3, -0.25) is 4.79 Å². The van der Waals surface area contributed by atoms with Gasteiger partial charge in [0.15, 0.2) is 6.10 Å². The molecule has 134 valence electrons. The molecule has 0 bridgehead atoms. The number of hydrogen-bond donors (Lipinski definition) is 1. The number of aromatic nitrogens is 2. The Kier molecular flexibility index (Phi) is 5.75. The summed E-state index contributed by atoms with van der Waals surface area (Å²) in [6.07, 6.45) is -0.709. The standard InChI is InChI=1S/C18H15Cl2N3O3/c1-11(25-13-6-4-5-12(19)9-13)18(24)21-10-16-22-17(23-26-16)14-7-2-3-8-15(14)20/h2-9,11H,10H2,1H3,(H,21,24)/t11-/m0/s1. The molecule has 1 heterocycles. The monoisotopic (exact) mass is 391 g/mol. The SMILES string of the molecule is C[C@H](Oc1cccc(Cl)c1)C(=O)NCc1nc(-c2ccccc2Cl)no1. The van der Waals surface area contributed by atoms with E-state index in [1.165, 1.54) is 0 Å². The fraction of sp³-hybridized carbons (Fsp3) is 0.167. The van der Waals surface area contributed by atoms with E-state index >= 15 is 0 Å². The van der Waals surface area contributed by atoms with E-state index in [1.807, 2.05) is 12.1 Å². The van der Waals surface area contributed by atoms with Gasteiger partial charge in [0.1, 0.15) is 5.75 Å². The smallest absolute Gasteiger partial charge is 0.261 e. The zero-order valence-corrected chi connectivity index (χ0v) is 15.3. The molecule has 3 rings (SSSR count). The summed E-state index contributed by atoms with van der Waals surface area (Å²) in [4.78, 5) is 16.4. The molecule has 0 unspecified atom stereocenters. The first-order valence-electron chi connectivity index (χ1n) is 7.80. The van der Waals surface area contributed by atoms with Crippen molar-refractivity contribution in [1.29, 1.82) is 0 Å². The summed E-state index contributed by atoms with van der Waals surface area (Å²) in [5.41, 5.74) is 0.660. The third-order valence-electron chi connectivity index (χ3n) is 3.47. The van der Waals surface area contributed by atoms with Crippen molar-refractivity contribution in [2.75, 3.05) is 0 Å². The molecule has 6 nitrogen and oxygen atoms in total. The number of hydrogen-bond acceptors (Lipinski definition) is 5. The molecular weight excluding hydrogens is 377 g/mol. The van der Waals surface area contributed by atoms with Gasteiger partial charge >= 0.3 is 0 Å². The Morgan fingerprint density at radius 3 is 2.81 bits per heavy atom. The first kappa shape index (κ1) is 18.2. The lowest BCUT2D eigenvalue weighted by Gasteiger charge is -2.14. The number of nitrogens with zero attached hydrogens (tertiary/aromatic N) is 2. The van der Waals surface area contributed by atoms with Crippen LogP contribution in [-0.4, -0.2) is 22.2 Å². The van der Waals surface area contributed by atoms with Crippen molar-refractivity contribution in [2.45, 2.75) is 19.6 Å². The molecule has 0 radical (unpaired) electrons. The van der Waals surface area contributed by atoms with Crippen LogP contribution in [0.1, 0.15) is 12.8 Å². The highest BCUT2D eigenvalue weighted by atomic mass is 35.5. The highest BCUT2D eigenvalue weighted by Gasteiger charge is 2.17. The van der Waals surface area contributed by atoms with E-state index in [0.717, 1.165) is 0 Å². The zero-order chi connectivity index (χ0) is 18.5. The Bertz CT molecular complexity index is 914. The van der Waals surface area contributed by atoms with Crippen LogP contribution in [0.3, 0.4) is 0 Å². The average Bonchev–Trinajstić information content (AvgIpc) is 3.09. The highest BCUT2D eigenvalue weighted by Crippen LogP contribution is 2.24. The predicted octanol–water partition coefficient (Wildman–Crippen LogP) is 4.13. The second-order valence-corrected chi connectivity index (χ2v) is 6.27. The summed E-state index contributed by atoms with van der Waals surface area (Å²) in [5.74, 6) is 0.827. The molecule has 8 heteroatoms. The topological polar surface area (TPSA) is 77.2 Å². The maximum atomic E-state index is 12.2. The second kappa shape index (κ2) is 8.21. The van der Waals surface area contributed by atoms with Gasteiger partial charge in [-0.25, -0.2) is 0 Å². The molecule has 0 aliphatic heterocycles. The summed E-state index contributed by atoms with van der Waals surface area (Å²) < 4.78 is 10.7. The molecule has 0 aliphatic rings. The molecule has 0 fully saturated rings. The van der Waals surface area contributed by atoms with Gasteiger partial charge in [-0.05, 0) is 37.3 Å². The van der Waals surface area contributed by atoms with Crippen LogP contribution in [0.5, 0.6) is 5.75 Å². The van der Waals surface area contributed by atoms with E-state index < -0.39 is 6.10 Å². The Morgan fingerprint density at radius 2 is 2.04 bits per heavy atom. The highest BCUT2D eigenvalue weighted by molar-refractivity contribution is 6.33. The lowest BCUT2D eigenvalue weighted by molar-refractivity contribution is -0.127. The summed E-state index contributed by atoms with van der Waals surface area (Å²) >= 11 is 12.0. The van der Waals surface area contributed by atoms with Gasteiger partial charge in [-0.1, -0.05) is 46.6 Å². The Balaban J connectivity index is 1.57. The summed E-state index contributed by atoms with van der Waals surface area (Å²) in [7, 11) is 0. The lowest BCUT2D eigenvalue weighted by atomic mass is 10.2. The quantitative estimate of drug-likeness (QED) is 0.683. The van der Waals surface area contributed by atoms with Gasteiger partial charge in [-0.15, -0.1) is 0 Å². The van der Waals surface area contributed by atoms with E-state index in [-0.39, 0.29) is 18.3 Å². The maximum absolute atomic E-state index is 12.2. The molecule has 2 aromatic carbocycles. The summed E-state index contributed by atoms with van der Waals surface area (Å²) in [6.45, 7) is 1.72. The van der Waals surface area contributed by atoms with Gasteiger partial charge in [0, 0.05) is 10.6 Å². The number of amides is 1. The lowest BCUT2D eigenvalue weighted by Crippen LogP contribution is -2.35. The van der Waals surface area contributed by atoms with Gasteiger partial charge in [0.2, 0.25) is 11.7 Å². The van der Waals surface area contributed by atoms with Gasteiger partial charge in [-0.2, -0.15) is 4.98 Å². The van der Waals surface area contributed by atoms with Crippen molar-refractivity contribution in [3.63, 3.8) is 0 Å². The first-order chi connectivity index (χ1) is 12.5. The van der Waals surface area contributed by atoms with Crippen molar-refractivity contribution in [3.8, 4) is 17.1 Å². The minimum atomic E-state index is -0.709. The number of carbonyl (C=O) groups excluding carboxylic acids is 1. The van der Waals surface area contributed by atoms with Crippen LogP contribution < -0.4 is 10.1 Å². The summed E-state index contributed by atoms with van der Waals surface area (Å²) in [6, 6.07) is 14.0. The largest absolute Gasteiger partial charge is 0.481 e. The van der Waals surface area contributed by atoms with Crippen LogP contribution in [0, 0.1) is 0 Å². The van der Waals surface area contributed by atoms with Gasteiger partial charge in [0.05, 0.1) is 11.6 Å². The molecule has 26 heavy (non-hydrogen) atoms. The number of carbonyl (C=O) groups is 1. The molecule has 0 aliphatic carbocycles. The van der Waals surface area contributed by atoms with Gasteiger partial charge < -0.3 is 14.6 Å². The fourth-order valence-corrected chi connectivity index (χ4v) is 2.58. The first-order valence-corrected chi connectivity index (χ1v) is 8.56. The Labute approximate surface area is 160 Å². The van der Waals surface area contributed by atoms with E-state index in [9.17, 15) is 4.79 Å². The maximum Gasteiger partial charge on any atom is 0.261 e. The van der Waals surface area contributed by atoms with Crippen LogP contribution >= 0.6 is 23.2 Å². The molecule has 1 atom stereocenters. The number of nitrogens with one attached hydrogen (secondary N) is 1. The fourth-order valence-electron chi connectivity index (χ4n) is 2.18. The second-order valence-electron chi connectivity index (χ2n) is 5.43. The Hall–Kier alpha value is -2.57. The molecule has 3 aromatic rings. The number of rotatable bonds is 6. The van der Waals surface area contributed by atoms with Crippen molar-refractivity contribution in [3.05, 3.63) is 64.5 Å². The Morgan fingerprint density at radius 1 is 1.23 bits per heavy atom. The minimum absolute atomic E-state index is 0.0829. The van der Waals surface area contributed by atoms with Crippen molar-refractivity contribution in [2.24, 2.45) is 0 Å².